The number of aromatic nitrogens is 1. The van der Waals surface area contributed by atoms with Gasteiger partial charge in [0.25, 0.3) is 0 Å². The van der Waals surface area contributed by atoms with Gasteiger partial charge in [-0.25, -0.2) is 4.98 Å². The van der Waals surface area contributed by atoms with Crippen LogP contribution in [0, 0.1) is 0 Å². The number of rotatable bonds is 3. The summed E-state index contributed by atoms with van der Waals surface area (Å²) >= 11 is 0. The highest BCUT2D eigenvalue weighted by Crippen LogP contribution is 2.36. The molecule has 0 bridgehead atoms. The van der Waals surface area contributed by atoms with E-state index in [0.717, 1.165) is 27.8 Å². The molecule has 2 atom stereocenters. The Balaban J connectivity index is 1.03. The molecule has 208 valence electrons. The summed E-state index contributed by atoms with van der Waals surface area (Å²) in [5.41, 5.74) is 10.2. The maximum Gasteiger partial charge on any atom is 0.0715 e. The Morgan fingerprint density at radius 1 is 0.500 bits per heavy atom. The fraction of sp³-hybridized carbons (Fsp3) is 0.0488. The Kier molecular flexibility index (Phi) is 5.63. The SMILES string of the molecule is C1=CC(C2C=Cc3ccc4ccccc4c3N2)Nc2cc(-c3ccc4ccc(-c5cccc6ccccc56)cc4n3)ccc21. The van der Waals surface area contributed by atoms with Gasteiger partial charge in [-0.1, -0.05) is 133 Å². The molecule has 0 saturated heterocycles. The summed E-state index contributed by atoms with van der Waals surface area (Å²) in [4.78, 5) is 5.15. The Morgan fingerprint density at radius 2 is 1.18 bits per heavy atom. The molecule has 2 N–H and O–H groups in total. The van der Waals surface area contributed by atoms with E-state index in [1.54, 1.807) is 0 Å². The fourth-order valence-corrected chi connectivity index (χ4v) is 6.77. The number of pyridine rings is 1. The average Bonchev–Trinajstić information content (AvgIpc) is 3.10. The summed E-state index contributed by atoms with van der Waals surface area (Å²) in [5, 5.41) is 13.8. The van der Waals surface area contributed by atoms with E-state index in [1.165, 1.54) is 49.5 Å². The molecule has 3 heteroatoms. The third kappa shape index (κ3) is 4.17. The van der Waals surface area contributed by atoms with Gasteiger partial charge in [-0.3, -0.25) is 0 Å². The number of nitrogens with zero attached hydrogens (tertiary/aromatic N) is 1. The highest BCUT2D eigenvalue weighted by atomic mass is 15.0. The molecule has 1 aromatic heterocycles. The normalized spacial score (nSPS) is 16.8. The summed E-state index contributed by atoms with van der Waals surface area (Å²) in [5.74, 6) is 0. The lowest BCUT2D eigenvalue weighted by molar-refractivity contribution is 0.788. The third-order valence-corrected chi connectivity index (χ3v) is 9.09. The molecule has 0 radical (unpaired) electrons. The molecule has 2 aliphatic rings. The first-order valence-electron chi connectivity index (χ1n) is 15.2. The van der Waals surface area contributed by atoms with Gasteiger partial charge in [0.1, 0.15) is 0 Å². The molecule has 0 spiro atoms. The van der Waals surface area contributed by atoms with Crippen LogP contribution in [0.15, 0.2) is 140 Å². The zero-order valence-corrected chi connectivity index (χ0v) is 24.0. The van der Waals surface area contributed by atoms with Crippen molar-refractivity contribution >= 4 is 56.0 Å². The number of hydrogen-bond donors (Lipinski definition) is 2. The van der Waals surface area contributed by atoms with Crippen LogP contribution in [0.5, 0.6) is 0 Å². The van der Waals surface area contributed by atoms with E-state index in [-0.39, 0.29) is 12.1 Å². The highest BCUT2D eigenvalue weighted by molar-refractivity contribution is 6.00. The van der Waals surface area contributed by atoms with E-state index in [9.17, 15) is 0 Å². The van der Waals surface area contributed by atoms with Crippen molar-refractivity contribution in [2.75, 3.05) is 10.6 Å². The van der Waals surface area contributed by atoms with Crippen LogP contribution in [-0.2, 0) is 0 Å². The summed E-state index contributed by atoms with van der Waals surface area (Å²) in [6, 6.07) is 45.8. The molecule has 6 aromatic carbocycles. The molecule has 3 nitrogen and oxygen atoms in total. The van der Waals surface area contributed by atoms with Gasteiger partial charge < -0.3 is 10.6 Å². The van der Waals surface area contributed by atoms with Gasteiger partial charge in [0.15, 0.2) is 0 Å². The topological polar surface area (TPSA) is 37.0 Å². The molecule has 0 fully saturated rings. The van der Waals surface area contributed by atoms with E-state index in [1.807, 2.05) is 0 Å². The first kappa shape index (κ1) is 24.9. The van der Waals surface area contributed by atoms with Crippen LogP contribution in [-0.4, -0.2) is 17.1 Å². The molecule has 44 heavy (non-hydrogen) atoms. The summed E-state index contributed by atoms with van der Waals surface area (Å²) in [7, 11) is 0. The Labute approximate surface area is 256 Å². The van der Waals surface area contributed by atoms with Gasteiger partial charge in [0.05, 0.1) is 23.3 Å². The van der Waals surface area contributed by atoms with Crippen molar-refractivity contribution in [3.63, 3.8) is 0 Å². The smallest absolute Gasteiger partial charge is 0.0715 e. The second kappa shape index (κ2) is 9.96. The largest absolute Gasteiger partial charge is 0.376 e. The average molecular weight is 564 g/mol. The zero-order chi connectivity index (χ0) is 29.0. The minimum absolute atomic E-state index is 0.119. The minimum Gasteiger partial charge on any atom is -0.376 e. The van der Waals surface area contributed by atoms with Gasteiger partial charge >= 0.3 is 0 Å². The minimum atomic E-state index is 0.119. The van der Waals surface area contributed by atoms with E-state index in [2.05, 4.69) is 162 Å². The van der Waals surface area contributed by atoms with Gasteiger partial charge in [-0.2, -0.15) is 0 Å². The monoisotopic (exact) mass is 563 g/mol. The third-order valence-electron chi connectivity index (χ3n) is 9.09. The number of anilines is 2. The standard InChI is InChI=1S/C41H29N3/c1-3-9-33-26(6-1)8-5-11-34(33)31-16-13-28-18-21-36(42-39(28)24-31)32-17-14-29-19-22-37(43-40(29)25-32)38-23-20-30-15-12-27-7-2-4-10-35(27)41(30)44-38/h1-25,37-38,43-44H. The van der Waals surface area contributed by atoms with Crippen molar-refractivity contribution in [1.29, 1.82) is 0 Å². The number of nitrogens with one attached hydrogen (secondary N) is 2. The zero-order valence-electron chi connectivity index (χ0n) is 24.0. The van der Waals surface area contributed by atoms with E-state index < -0.39 is 0 Å². The second-order valence-corrected chi connectivity index (χ2v) is 11.7. The number of fused-ring (bicyclic) bond motifs is 6. The molecular weight excluding hydrogens is 534 g/mol. The molecule has 2 unspecified atom stereocenters. The Bertz CT molecular complexity index is 2310. The van der Waals surface area contributed by atoms with E-state index in [4.69, 9.17) is 4.98 Å². The van der Waals surface area contributed by atoms with E-state index in [0.29, 0.717) is 0 Å². The van der Waals surface area contributed by atoms with Crippen LogP contribution in [0.4, 0.5) is 11.4 Å². The fourth-order valence-electron chi connectivity index (χ4n) is 6.77. The molecule has 7 aromatic rings. The van der Waals surface area contributed by atoms with Gasteiger partial charge in [0.2, 0.25) is 0 Å². The lowest BCUT2D eigenvalue weighted by atomic mass is 9.93. The van der Waals surface area contributed by atoms with Gasteiger partial charge in [0, 0.05) is 27.7 Å². The van der Waals surface area contributed by atoms with Crippen molar-refractivity contribution in [2.24, 2.45) is 0 Å². The predicted molar refractivity (Wildman–Crippen MR) is 187 cm³/mol. The second-order valence-electron chi connectivity index (χ2n) is 11.7. The van der Waals surface area contributed by atoms with Crippen LogP contribution in [0.2, 0.25) is 0 Å². The Morgan fingerprint density at radius 3 is 2.09 bits per heavy atom. The number of benzene rings is 6. The summed E-state index contributed by atoms with van der Waals surface area (Å²) in [6.07, 6.45) is 9.02. The van der Waals surface area contributed by atoms with Crippen LogP contribution < -0.4 is 10.6 Å². The maximum atomic E-state index is 5.15. The van der Waals surface area contributed by atoms with Crippen molar-refractivity contribution in [3.05, 3.63) is 151 Å². The van der Waals surface area contributed by atoms with Crippen LogP contribution in [0.1, 0.15) is 11.1 Å². The van der Waals surface area contributed by atoms with Crippen LogP contribution in [0.25, 0.3) is 67.0 Å². The molecule has 0 aliphatic carbocycles. The van der Waals surface area contributed by atoms with Crippen LogP contribution >= 0.6 is 0 Å². The summed E-state index contributed by atoms with van der Waals surface area (Å²) in [6.45, 7) is 0. The van der Waals surface area contributed by atoms with Crippen molar-refractivity contribution < 1.29 is 0 Å². The first-order chi connectivity index (χ1) is 21.8. The van der Waals surface area contributed by atoms with Gasteiger partial charge in [-0.05, 0) is 56.6 Å². The van der Waals surface area contributed by atoms with Crippen molar-refractivity contribution in [3.8, 4) is 22.4 Å². The lowest BCUT2D eigenvalue weighted by Gasteiger charge is -2.32. The predicted octanol–water partition coefficient (Wildman–Crippen LogP) is 10.2. The van der Waals surface area contributed by atoms with Gasteiger partial charge in [-0.15, -0.1) is 0 Å². The molecule has 0 amide bonds. The highest BCUT2D eigenvalue weighted by Gasteiger charge is 2.24. The molecular formula is C41H29N3. The van der Waals surface area contributed by atoms with E-state index >= 15 is 0 Å². The lowest BCUT2D eigenvalue weighted by Crippen LogP contribution is -2.38. The molecule has 2 aliphatic heterocycles. The molecule has 9 rings (SSSR count). The first-order valence-corrected chi connectivity index (χ1v) is 15.2. The van der Waals surface area contributed by atoms with Crippen molar-refractivity contribution in [1.82, 2.24) is 4.98 Å². The Hall–Kier alpha value is -5.67. The van der Waals surface area contributed by atoms with Crippen LogP contribution in [0.3, 0.4) is 0 Å². The molecule has 0 saturated carbocycles. The number of hydrogen-bond acceptors (Lipinski definition) is 3. The molecule has 3 heterocycles. The maximum absolute atomic E-state index is 5.15. The summed E-state index contributed by atoms with van der Waals surface area (Å²) < 4.78 is 0. The van der Waals surface area contributed by atoms with Crippen molar-refractivity contribution in [2.45, 2.75) is 12.1 Å². The quantitative estimate of drug-likeness (QED) is 0.225.